The van der Waals surface area contributed by atoms with Crippen LogP contribution >= 0.6 is 15.9 Å². The van der Waals surface area contributed by atoms with E-state index in [0.29, 0.717) is 22.4 Å². The van der Waals surface area contributed by atoms with Gasteiger partial charge >= 0.3 is 0 Å². The zero-order chi connectivity index (χ0) is 19.3. The van der Waals surface area contributed by atoms with Gasteiger partial charge in [-0.3, -0.25) is 15.2 Å². The lowest BCUT2D eigenvalue weighted by Crippen LogP contribution is -2.44. The fourth-order valence-corrected chi connectivity index (χ4v) is 2.56. The molecular weight excluding hydrogens is 394 g/mol. The molecule has 1 N–H and O–H groups in total. The molecular formula is C19H22BrN5O. The zero-order valence-corrected chi connectivity index (χ0v) is 17.0. The number of nitrogens with one attached hydrogen (secondary N) is 1. The van der Waals surface area contributed by atoms with Crippen molar-refractivity contribution < 1.29 is 4.79 Å². The minimum absolute atomic E-state index is 0.0496. The van der Waals surface area contributed by atoms with Crippen molar-refractivity contribution in [3.05, 3.63) is 51.9 Å². The van der Waals surface area contributed by atoms with Crippen LogP contribution in [0, 0.1) is 23.7 Å². The second-order valence-electron chi connectivity index (χ2n) is 7.25. The summed E-state index contributed by atoms with van der Waals surface area (Å²) in [5.41, 5.74) is 4.62. The first-order chi connectivity index (χ1) is 12.2. The second kappa shape index (κ2) is 8.28. The van der Waals surface area contributed by atoms with E-state index in [1.54, 1.807) is 17.1 Å². The summed E-state index contributed by atoms with van der Waals surface area (Å²) in [6.07, 6.45) is 2.34. The Bertz CT molecular complexity index is 821. The van der Waals surface area contributed by atoms with Gasteiger partial charge in [-0.05, 0) is 46.8 Å². The standard InChI is InChI=1S/C19H22BrN5O/c1-13-5-7-14(8-6-13)18(26)24-25(10-9-19(2,3)4)17-15(20)12-22-16(11-21)23-17/h5-8,12H,9-10H2,1-4H3,(H,24,26). The van der Waals surface area contributed by atoms with E-state index in [1.165, 1.54) is 6.20 Å². The van der Waals surface area contributed by atoms with Crippen molar-refractivity contribution in [3.63, 3.8) is 0 Å². The van der Waals surface area contributed by atoms with Crippen molar-refractivity contribution in [1.29, 1.82) is 5.26 Å². The molecule has 1 amide bonds. The van der Waals surface area contributed by atoms with Crippen molar-refractivity contribution in [2.24, 2.45) is 5.41 Å². The normalized spacial score (nSPS) is 10.9. The molecule has 0 unspecified atom stereocenters. The topological polar surface area (TPSA) is 81.9 Å². The Balaban J connectivity index is 2.30. The minimum Gasteiger partial charge on any atom is -0.267 e. The second-order valence-corrected chi connectivity index (χ2v) is 8.10. The maximum atomic E-state index is 12.7. The van der Waals surface area contributed by atoms with Crippen LogP contribution in [0.25, 0.3) is 0 Å². The van der Waals surface area contributed by atoms with Gasteiger partial charge < -0.3 is 0 Å². The highest BCUT2D eigenvalue weighted by Crippen LogP contribution is 2.25. The highest BCUT2D eigenvalue weighted by Gasteiger charge is 2.20. The van der Waals surface area contributed by atoms with Gasteiger partial charge in [0, 0.05) is 18.3 Å². The van der Waals surface area contributed by atoms with E-state index >= 15 is 0 Å². The highest BCUT2D eigenvalue weighted by molar-refractivity contribution is 9.10. The smallest absolute Gasteiger partial charge is 0.267 e. The van der Waals surface area contributed by atoms with Gasteiger partial charge in [-0.25, -0.2) is 4.98 Å². The number of aromatic nitrogens is 2. The summed E-state index contributed by atoms with van der Waals surface area (Å²) < 4.78 is 0.606. The van der Waals surface area contributed by atoms with Gasteiger partial charge in [-0.1, -0.05) is 38.5 Å². The Morgan fingerprint density at radius 1 is 1.31 bits per heavy atom. The van der Waals surface area contributed by atoms with E-state index in [-0.39, 0.29) is 17.1 Å². The number of carbonyl (C=O) groups is 1. The van der Waals surface area contributed by atoms with Gasteiger partial charge in [0.05, 0.1) is 4.47 Å². The van der Waals surface area contributed by atoms with Crippen molar-refractivity contribution >= 4 is 27.7 Å². The number of nitrogens with zero attached hydrogens (tertiary/aromatic N) is 4. The molecule has 0 saturated heterocycles. The minimum atomic E-state index is -0.233. The highest BCUT2D eigenvalue weighted by atomic mass is 79.9. The molecule has 136 valence electrons. The molecule has 0 saturated carbocycles. The largest absolute Gasteiger partial charge is 0.269 e. The molecule has 0 aliphatic heterocycles. The monoisotopic (exact) mass is 415 g/mol. The first kappa shape index (κ1) is 19.9. The van der Waals surface area contributed by atoms with Gasteiger partial charge in [-0.15, -0.1) is 0 Å². The SMILES string of the molecule is Cc1ccc(C(=O)NN(CCC(C)(C)C)c2nc(C#N)ncc2Br)cc1. The summed E-state index contributed by atoms with van der Waals surface area (Å²) in [6, 6.07) is 9.27. The van der Waals surface area contributed by atoms with Crippen LogP contribution in [0.4, 0.5) is 5.82 Å². The van der Waals surface area contributed by atoms with Gasteiger partial charge in [0.1, 0.15) is 6.07 Å². The molecule has 26 heavy (non-hydrogen) atoms. The van der Waals surface area contributed by atoms with Gasteiger partial charge in [-0.2, -0.15) is 10.2 Å². The number of benzene rings is 1. The summed E-state index contributed by atoms with van der Waals surface area (Å²) >= 11 is 3.41. The summed E-state index contributed by atoms with van der Waals surface area (Å²) in [5, 5.41) is 10.8. The van der Waals surface area contributed by atoms with Crippen LogP contribution in [-0.2, 0) is 0 Å². The van der Waals surface area contributed by atoms with E-state index in [9.17, 15) is 4.79 Å². The van der Waals surface area contributed by atoms with Crippen LogP contribution in [0.15, 0.2) is 34.9 Å². The third-order valence-electron chi connectivity index (χ3n) is 3.72. The third kappa shape index (κ3) is 5.53. The maximum absolute atomic E-state index is 12.7. The number of rotatable bonds is 5. The van der Waals surface area contributed by atoms with E-state index in [4.69, 9.17) is 5.26 Å². The first-order valence-electron chi connectivity index (χ1n) is 8.27. The molecule has 0 spiro atoms. The van der Waals surface area contributed by atoms with E-state index in [0.717, 1.165) is 12.0 Å². The van der Waals surface area contributed by atoms with E-state index < -0.39 is 0 Å². The Morgan fingerprint density at radius 3 is 2.54 bits per heavy atom. The number of anilines is 1. The summed E-state index contributed by atoms with van der Waals surface area (Å²) in [4.78, 5) is 20.8. The molecule has 7 heteroatoms. The Labute approximate surface area is 162 Å². The fraction of sp³-hybridized carbons (Fsp3) is 0.368. The number of hydrogen-bond acceptors (Lipinski definition) is 5. The Morgan fingerprint density at radius 2 is 1.96 bits per heavy atom. The van der Waals surface area contributed by atoms with Gasteiger partial charge in [0.25, 0.3) is 5.91 Å². The number of hydrazine groups is 1. The molecule has 0 bridgehead atoms. The summed E-state index contributed by atoms with van der Waals surface area (Å²) in [7, 11) is 0. The van der Waals surface area contributed by atoms with E-state index in [1.807, 2.05) is 25.1 Å². The number of hydrogen-bond donors (Lipinski definition) is 1. The lowest BCUT2D eigenvalue weighted by molar-refractivity contribution is 0.0947. The van der Waals surface area contributed by atoms with E-state index in [2.05, 4.69) is 52.1 Å². The molecule has 1 aromatic carbocycles. The molecule has 1 heterocycles. The Kier molecular flexibility index (Phi) is 6.32. The quantitative estimate of drug-likeness (QED) is 0.745. The average Bonchev–Trinajstić information content (AvgIpc) is 2.59. The third-order valence-corrected chi connectivity index (χ3v) is 4.28. The van der Waals surface area contributed by atoms with Crippen LogP contribution in [0.2, 0.25) is 0 Å². The lowest BCUT2D eigenvalue weighted by atomic mass is 9.92. The molecule has 0 radical (unpaired) electrons. The average molecular weight is 416 g/mol. The molecule has 0 aliphatic carbocycles. The van der Waals surface area contributed by atoms with Crippen LogP contribution in [0.1, 0.15) is 48.9 Å². The predicted molar refractivity (Wildman–Crippen MR) is 105 cm³/mol. The van der Waals surface area contributed by atoms with Crippen molar-refractivity contribution in [1.82, 2.24) is 15.4 Å². The number of halogens is 1. The molecule has 2 aromatic rings. The molecule has 0 atom stereocenters. The number of carbonyl (C=O) groups excluding carboxylic acids is 1. The molecule has 6 nitrogen and oxygen atoms in total. The predicted octanol–water partition coefficient (Wildman–Crippen LogP) is 4.01. The van der Waals surface area contributed by atoms with Gasteiger partial charge in [0.2, 0.25) is 5.82 Å². The number of aryl methyl sites for hydroxylation is 1. The molecule has 0 fully saturated rings. The summed E-state index contributed by atoms with van der Waals surface area (Å²) in [5.74, 6) is 0.276. The number of nitriles is 1. The van der Waals surface area contributed by atoms with Crippen LogP contribution in [0.3, 0.4) is 0 Å². The Hall–Kier alpha value is -2.46. The maximum Gasteiger partial charge on any atom is 0.269 e. The fourth-order valence-electron chi connectivity index (χ4n) is 2.16. The summed E-state index contributed by atoms with van der Waals surface area (Å²) in [6.45, 7) is 8.90. The number of amides is 1. The lowest BCUT2D eigenvalue weighted by Gasteiger charge is -2.28. The molecule has 0 aliphatic rings. The molecule has 2 rings (SSSR count). The molecule has 1 aromatic heterocycles. The van der Waals surface area contributed by atoms with Crippen molar-refractivity contribution in [2.75, 3.05) is 11.6 Å². The zero-order valence-electron chi connectivity index (χ0n) is 15.4. The van der Waals surface area contributed by atoms with Crippen molar-refractivity contribution in [2.45, 2.75) is 34.1 Å². The van der Waals surface area contributed by atoms with Gasteiger partial charge in [0.15, 0.2) is 5.82 Å². The van der Waals surface area contributed by atoms with Crippen LogP contribution in [0.5, 0.6) is 0 Å². The van der Waals surface area contributed by atoms with Crippen LogP contribution < -0.4 is 10.4 Å². The van der Waals surface area contributed by atoms with Crippen LogP contribution in [-0.4, -0.2) is 22.4 Å². The van der Waals surface area contributed by atoms with Crippen molar-refractivity contribution in [3.8, 4) is 6.07 Å². The first-order valence-corrected chi connectivity index (χ1v) is 9.07.